The molecule has 2 fully saturated rings. The number of hydrogen-bond acceptors (Lipinski definition) is 5. The molecule has 1 saturated heterocycles. The van der Waals surface area contributed by atoms with Crippen molar-refractivity contribution in [3.05, 3.63) is 58.6 Å². The van der Waals surface area contributed by atoms with E-state index >= 15 is 4.39 Å². The van der Waals surface area contributed by atoms with Gasteiger partial charge in [-0.1, -0.05) is 11.6 Å². The van der Waals surface area contributed by atoms with Crippen LogP contribution < -0.4 is 4.74 Å². The molecule has 0 unspecified atom stereocenters. The Labute approximate surface area is 202 Å². The number of ether oxygens (including phenoxy) is 1. The predicted molar refractivity (Wildman–Crippen MR) is 123 cm³/mol. The van der Waals surface area contributed by atoms with Gasteiger partial charge in [0, 0.05) is 24.0 Å². The zero-order valence-corrected chi connectivity index (χ0v) is 20.6. The molecule has 2 aromatic rings. The van der Waals surface area contributed by atoms with Crippen LogP contribution in [0.2, 0.25) is 5.02 Å². The summed E-state index contributed by atoms with van der Waals surface area (Å²) in [5.74, 6) is -3.05. The Hall–Kier alpha value is -1.75. The Morgan fingerprint density at radius 1 is 0.971 bits per heavy atom. The van der Waals surface area contributed by atoms with Crippen LogP contribution in [0.3, 0.4) is 0 Å². The highest BCUT2D eigenvalue weighted by atomic mass is 35.5. The van der Waals surface area contributed by atoms with Crippen molar-refractivity contribution in [2.45, 2.75) is 47.0 Å². The van der Waals surface area contributed by atoms with E-state index in [1.807, 2.05) is 0 Å². The van der Waals surface area contributed by atoms with Crippen molar-refractivity contribution in [3.8, 4) is 5.75 Å². The molecular weight excluding hydrogens is 508 g/mol. The SMILES string of the molecule is O=S(=O)([C@H]1CC[C@@]2(S(=O)(=O)c3ccc(Cl)cc3)c3c(F)ccc(F)c3OC[C@H]2C1)N1CCCC1. The highest BCUT2D eigenvalue weighted by molar-refractivity contribution is 7.92. The number of fused-ring (bicyclic) bond motifs is 3. The molecule has 0 amide bonds. The van der Waals surface area contributed by atoms with Crippen molar-refractivity contribution in [1.29, 1.82) is 0 Å². The Kier molecular flexibility index (Phi) is 5.94. The molecule has 184 valence electrons. The quantitative estimate of drug-likeness (QED) is 0.588. The van der Waals surface area contributed by atoms with Crippen molar-refractivity contribution in [1.82, 2.24) is 4.31 Å². The molecule has 3 aliphatic rings. The maximum Gasteiger partial charge on any atom is 0.216 e. The summed E-state index contributed by atoms with van der Waals surface area (Å²) in [4.78, 5) is -0.0840. The second-order valence-electron chi connectivity index (χ2n) is 9.14. The van der Waals surface area contributed by atoms with Gasteiger partial charge in [0.25, 0.3) is 0 Å². The van der Waals surface area contributed by atoms with Gasteiger partial charge in [-0.15, -0.1) is 0 Å². The Morgan fingerprint density at radius 2 is 1.62 bits per heavy atom. The lowest BCUT2D eigenvalue weighted by Gasteiger charge is -2.49. The van der Waals surface area contributed by atoms with Gasteiger partial charge in [0.15, 0.2) is 21.4 Å². The van der Waals surface area contributed by atoms with E-state index in [1.54, 1.807) is 0 Å². The third-order valence-corrected chi connectivity index (χ3v) is 12.6. The van der Waals surface area contributed by atoms with Crippen molar-refractivity contribution >= 4 is 31.5 Å². The van der Waals surface area contributed by atoms with Crippen LogP contribution in [0.5, 0.6) is 5.75 Å². The van der Waals surface area contributed by atoms with Crippen molar-refractivity contribution < 1.29 is 30.4 Å². The summed E-state index contributed by atoms with van der Waals surface area (Å²) in [5, 5.41) is -0.482. The normalized spacial score (nSPS) is 27.6. The van der Waals surface area contributed by atoms with Gasteiger partial charge < -0.3 is 4.74 Å². The van der Waals surface area contributed by atoms with Crippen LogP contribution in [0.15, 0.2) is 41.3 Å². The van der Waals surface area contributed by atoms with Gasteiger partial charge in [0.1, 0.15) is 10.6 Å². The fourth-order valence-corrected chi connectivity index (χ4v) is 10.3. The van der Waals surface area contributed by atoms with E-state index in [2.05, 4.69) is 0 Å². The standard InChI is InChI=1S/C23H24ClF2NO5S2/c24-16-3-5-17(6-4-16)33(28,29)23-10-9-18(34(30,31)27-11-1-2-12-27)13-15(23)14-32-22-20(26)8-7-19(25)21(22)23/h3-8,15,18H,1-2,9-14H2/t15-,18+,23+/m1/s1. The third kappa shape index (κ3) is 3.48. The average molecular weight is 532 g/mol. The molecule has 0 N–H and O–H groups in total. The van der Waals surface area contributed by atoms with Crippen molar-refractivity contribution in [2.75, 3.05) is 19.7 Å². The molecule has 2 aromatic carbocycles. The van der Waals surface area contributed by atoms with E-state index in [1.165, 1.54) is 28.6 Å². The van der Waals surface area contributed by atoms with E-state index in [0.717, 1.165) is 25.0 Å². The van der Waals surface area contributed by atoms with Gasteiger partial charge in [-0.2, -0.15) is 0 Å². The topological polar surface area (TPSA) is 80.8 Å². The minimum absolute atomic E-state index is 0.0115. The zero-order valence-electron chi connectivity index (χ0n) is 18.2. The lowest BCUT2D eigenvalue weighted by molar-refractivity contribution is 0.125. The molecule has 0 bridgehead atoms. The van der Waals surface area contributed by atoms with E-state index < -0.39 is 53.2 Å². The molecule has 34 heavy (non-hydrogen) atoms. The first-order valence-electron chi connectivity index (χ1n) is 11.2. The van der Waals surface area contributed by atoms with Gasteiger partial charge >= 0.3 is 0 Å². The molecule has 2 aliphatic heterocycles. The highest BCUT2D eigenvalue weighted by Gasteiger charge is 2.61. The zero-order chi connectivity index (χ0) is 24.3. The number of rotatable bonds is 4. The summed E-state index contributed by atoms with van der Waals surface area (Å²) in [7, 11) is -7.95. The monoisotopic (exact) mass is 531 g/mol. The number of sulfonamides is 1. The summed E-state index contributed by atoms with van der Waals surface area (Å²) >= 11 is 5.95. The Balaban J connectivity index is 1.66. The van der Waals surface area contributed by atoms with E-state index in [0.29, 0.717) is 18.1 Å². The first-order chi connectivity index (χ1) is 16.1. The highest BCUT2D eigenvalue weighted by Crippen LogP contribution is 2.57. The number of sulfone groups is 1. The lowest BCUT2D eigenvalue weighted by Crippen LogP contribution is -2.55. The summed E-state index contributed by atoms with van der Waals surface area (Å²) in [5.41, 5.74) is -0.351. The van der Waals surface area contributed by atoms with Crippen LogP contribution in [0.1, 0.15) is 37.7 Å². The van der Waals surface area contributed by atoms with E-state index in [4.69, 9.17) is 16.3 Å². The second-order valence-corrected chi connectivity index (χ2v) is 14.0. The van der Waals surface area contributed by atoms with Crippen LogP contribution in [-0.4, -0.2) is 46.1 Å². The second kappa shape index (κ2) is 8.43. The van der Waals surface area contributed by atoms with Gasteiger partial charge in [-0.05, 0) is 68.5 Å². The first-order valence-corrected chi connectivity index (χ1v) is 14.6. The molecule has 1 aliphatic carbocycles. The number of benzene rings is 2. The van der Waals surface area contributed by atoms with Gasteiger partial charge in [0.05, 0.1) is 22.3 Å². The molecule has 0 aromatic heterocycles. The molecule has 6 nitrogen and oxygen atoms in total. The maximum absolute atomic E-state index is 15.3. The lowest BCUT2D eigenvalue weighted by atomic mass is 9.73. The van der Waals surface area contributed by atoms with Crippen molar-refractivity contribution in [2.24, 2.45) is 5.92 Å². The minimum atomic E-state index is -4.29. The van der Waals surface area contributed by atoms with Crippen LogP contribution in [0, 0.1) is 17.6 Å². The Morgan fingerprint density at radius 3 is 2.29 bits per heavy atom. The van der Waals surface area contributed by atoms with Crippen LogP contribution in [-0.2, 0) is 24.6 Å². The molecule has 11 heteroatoms. The average Bonchev–Trinajstić information content (AvgIpc) is 3.37. The molecule has 0 spiro atoms. The molecule has 3 atom stereocenters. The molecule has 2 heterocycles. The maximum atomic E-state index is 15.3. The largest absolute Gasteiger partial charge is 0.490 e. The van der Waals surface area contributed by atoms with Crippen LogP contribution in [0.4, 0.5) is 8.78 Å². The number of halogens is 3. The summed E-state index contributed by atoms with van der Waals surface area (Å²) < 4.78 is 90.0. The molecule has 5 rings (SSSR count). The fourth-order valence-electron chi connectivity index (χ4n) is 5.73. The molecular formula is C23H24ClF2NO5S2. The summed E-state index contributed by atoms with van der Waals surface area (Å²) in [6, 6.07) is 7.32. The number of hydrogen-bond donors (Lipinski definition) is 0. The Bertz CT molecular complexity index is 1330. The van der Waals surface area contributed by atoms with Crippen LogP contribution >= 0.6 is 11.6 Å². The van der Waals surface area contributed by atoms with Crippen molar-refractivity contribution in [3.63, 3.8) is 0 Å². The summed E-state index contributed by atoms with van der Waals surface area (Å²) in [6.07, 6.45) is 1.38. The van der Waals surface area contributed by atoms with E-state index in [9.17, 15) is 21.2 Å². The van der Waals surface area contributed by atoms with Gasteiger partial charge in [0.2, 0.25) is 10.0 Å². The summed E-state index contributed by atoms with van der Waals surface area (Å²) in [6.45, 7) is 0.653. The fraction of sp³-hybridized carbons (Fsp3) is 0.478. The van der Waals surface area contributed by atoms with Crippen LogP contribution in [0.25, 0.3) is 0 Å². The first kappa shape index (κ1) is 24.0. The van der Waals surface area contributed by atoms with Gasteiger partial charge in [-0.25, -0.2) is 29.9 Å². The predicted octanol–water partition coefficient (Wildman–Crippen LogP) is 4.27. The third-order valence-electron chi connectivity index (χ3n) is 7.41. The minimum Gasteiger partial charge on any atom is -0.490 e. The van der Waals surface area contributed by atoms with Gasteiger partial charge in [-0.3, -0.25) is 0 Å². The number of nitrogens with zero attached hydrogens (tertiary/aromatic N) is 1. The van der Waals surface area contributed by atoms with E-state index in [-0.39, 0.29) is 36.3 Å². The smallest absolute Gasteiger partial charge is 0.216 e. The molecule has 0 radical (unpaired) electrons. The molecule has 1 saturated carbocycles.